The molecule has 0 aliphatic heterocycles. The second-order valence-electron chi connectivity index (χ2n) is 3.91. The van der Waals surface area contributed by atoms with E-state index < -0.39 is 0 Å². The molecule has 0 heterocycles. The highest BCUT2D eigenvalue weighted by molar-refractivity contribution is 5.76. The topological polar surface area (TPSA) is 49.3 Å². The molecule has 1 aliphatic rings. The lowest BCUT2D eigenvalue weighted by Crippen LogP contribution is -2.36. The van der Waals surface area contributed by atoms with Gasteiger partial charge in [0.1, 0.15) is 0 Å². The summed E-state index contributed by atoms with van der Waals surface area (Å²) in [6.45, 7) is 2.29. The van der Waals surface area contributed by atoms with E-state index in [2.05, 4.69) is 12.2 Å². The molecule has 1 saturated carbocycles. The minimum absolute atomic E-state index is 0.0906. The summed E-state index contributed by atoms with van der Waals surface area (Å²) >= 11 is 0. The third-order valence-electron chi connectivity index (χ3n) is 2.77. The van der Waals surface area contributed by atoms with Crippen LogP contribution >= 0.6 is 0 Å². The summed E-state index contributed by atoms with van der Waals surface area (Å²) in [6.07, 6.45) is 4.61. The van der Waals surface area contributed by atoms with Crippen LogP contribution in [0.5, 0.6) is 0 Å². The number of hydrogen-bond donors (Lipinski definition) is 2. The van der Waals surface area contributed by atoms with Crippen molar-refractivity contribution in [1.82, 2.24) is 5.32 Å². The average Bonchev–Trinajstić information content (AvgIpc) is 2.48. The quantitative estimate of drug-likeness (QED) is 0.688. The van der Waals surface area contributed by atoms with Gasteiger partial charge in [0.05, 0.1) is 0 Å². The number of carbonyl (C=O) groups is 1. The van der Waals surface area contributed by atoms with Crippen LogP contribution in [0.3, 0.4) is 0 Å². The molecule has 0 radical (unpaired) electrons. The van der Waals surface area contributed by atoms with Crippen molar-refractivity contribution in [3.8, 4) is 0 Å². The summed E-state index contributed by atoms with van der Waals surface area (Å²) in [4.78, 5) is 11.3. The highest BCUT2D eigenvalue weighted by Gasteiger charge is 2.24. The lowest BCUT2D eigenvalue weighted by atomic mass is 10.1. The SMILES string of the molecule is CC1CCCC1NC(=O)CCCO. The van der Waals surface area contributed by atoms with Crippen LogP contribution < -0.4 is 5.32 Å². The first-order valence-electron chi connectivity index (χ1n) is 5.14. The molecular weight excluding hydrogens is 166 g/mol. The third kappa shape index (κ3) is 3.35. The van der Waals surface area contributed by atoms with Crippen LogP contribution in [0.2, 0.25) is 0 Å². The fourth-order valence-electron chi connectivity index (χ4n) is 1.88. The summed E-state index contributed by atoms with van der Waals surface area (Å²) < 4.78 is 0. The number of aliphatic hydroxyl groups excluding tert-OH is 1. The average molecular weight is 185 g/mol. The molecule has 3 heteroatoms. The van der Waals surface area contributed by atoms with Crippen molar-refractivity contribution in [2.45, 2.75) is 45.1 Å². The van der Waals surface area contributed by atoms with Gasteiger partial charge in [-0.25, -0.2) is 0 Å². The Hall–Kier alpha value is -0.570. The summed E-state index contributed by atoms with van der Waals surface area (Å²) in [7, 11) is 0. The van der Waals surface area contributed by atoms with Crippen molar-refractivity contribution in [2.75, 3.05) is 6.61 Å². The molecule has 1 aliphatic carbocycles. The summed E-state index contributed by atoms with van der Waals surface area (Å²) in [5.41, 5.74) is 0. The van der Waals surface area contributed by atoms with Crippen molar-refractivity contribution in [1.29, 1.82) is 0 Å². The first kappa shape index (κ1) is 10.5. The molecule has 0 aromatic heterocycles. The Kier molecular flexibility index (Phi) is 4.22. The van der Waals surface area contributed by atoms with Gasteiger partial charge in [-0.2, -0.15) is 0 Å². The smallest absolute Gasteiger partial charge is 0.220 e. The summed E-state index contributed by atoms with van der Waals surface area (Å²) in [5, 5.41) is 11.6. The lowest BCUT2D eigenvalue weighted by Gasteiger charge is -2.16. The maximum atomic E-state index is 11.3. The lowest BCUT2D eigenvalue weighted by molar-refractivity contribution is -0.122. The van der Waals surface area contributed by atoms with Gasteiger partial charge in [-0.15, -0.1) is 0 Å². The molecule has 1 rings (SSSR count). The molecule has 0 saturated heterocycles. The molecule has 0 spiro atoms. The predicted octanol–water partition coefficient (Wildman–Crippen LogP) is 1.06. The standard InChI is InChI=1S/C10H19NO2/c1-8-4-2-5-9(8)11-10(13)6-3-7-12/h8-9,12H,2-7H2,1H3,(H,11,13). The van der Waals surface area contributed by atoms with E-state index in [9.17, 15) is 4.79 Å². The van der Waals surface area contributed by atoms with E-state index in [4.69, 9.17) is 5.11 Å². The molecular formula is C10H19NO2. The van der Waals surface area contributed by atoms with E-state index in [-0.39, 0.29) is 12.5 Å². The van der Waals surface area contributed by atoms with Crippen molar-refractivity contribution in [3.63, 3.8) is 0 Å². The Labute approximate surface area is 79.5 Å². The fraction of sp³-hybridized carbons (Fsp3) is 0.900. The Bertz CT molecular complexity index is 170. The molecule has 2 unspecified atom stereocenters. The normalized spacial score (nSPS) is 27.5. The Morgan fingerprint density at radius 2 is 2.31 bits per heavy atom. The fourth-order valence-corrected chi connectivity index (χ4v) is 1.88. The van der Waals surface area contributed by atoms with E-state index in [1.54, 1.807) is 0 Å². The van der Waals surface area contributed by atoms with Crippen molar-refractivity contribution < 1.29 is 9.90 Å². The van der Waals surface area contributed by atoms with Gasteiger partial charge in [0.15, 0.2) is 0 Å². The molecule has 2 atom stereocenters. The third-order valence-corrected chi connectivity index (χ3v) is 2.77. The van der Waals surface area contributed by atoms with Crippen molar-refractivity contribution in [3.05, 3.63) is 0 Å². The Balaban J connectivity index is 2.19. The molecule has 1 amide bonds. The van der Waals surface area contributed by atoms with Crippen LogP contribution in [-0.2, 0) is 4.79 Å². The zero-order valence-electron chi connectivity index (χ0n) is 8.25. The number of amides is 1. The van der Waals surface area contributed by atoms with Crippen LogP contribution in [-0.4, -0.2) is 23.7 Å². The van der Waals surface area contributed by atoms with Crippen molar-refractivity contribution >= 4 is 5.91 Å². The molecule has 0 aromatic rings. The largest absolute Gasteiger partial charge is 0.396 e. The Morgan fingerprint density at radius 1 is 1.54 bits per heavy atom. The van der Waals surface area contributed by atoms with Crippen molar-refractivity contribution in [2.24, 2.45) is 5.92 Å². The monoisotopic (exact) mass is 185 g/mol. The van der Waals surface area contributed by atoms with E-state index in [1.165, 1.54) is 12.8 Å². The molecule has 1 fully saturated rings. The summed E-state index contributed by atoms with van der Waals surface area (Å²) in [5.74, 6) is 0.714. The van der Waals surface area contributed by atoms with Gasteiger partial charge in [0.25, 0.3) is 0 Å². The van der Waals surface area contributed by atoms with Gasteiger partial charge in [-0.05, 0) is 25.2 Å². The molecule has 76 valence electrons. The highest BCUT2D eigenvalue weighted by atomic mass is 16.3. The van der Waals surface area contributed by atoms with Crippen LogP contribution in [0.4, 0.5) is 0 Å². The highest BCUT2D eigenvalue weighted by Crippen LogP contribution is 2.24. The molecule has 2 N–H and O–H groups in total. The minimum atomic E-state index is 0.0906. The zero-order valence-corrected chi connectivity index (χ0v) is 8.25. The summed E-state index contributed by atoms with van der Waals surface area (Å²) in [6, 6.07) is 0.381. The molecule has 0 bridgehead atoms. The molecule has 0 aromatic carbocycles. The first-order chi connectivity index (χ1) is 6.24. The van der Waals surface area contributed by atoms with E-state index in [1.807, 2.05) is 0 Å². The molecule has 13 heavy (non-hydrogen) atoms. The van der Waals surface area contributed by atoms with E-state index in [0.29, 0.717) is 24.8 Å². The van der Waals surface area contributed by atoms with Crippen LogP contribution in [0.1, 0.15) is 39.0 Å². The maximum Gasteiger partial charge on any atom is 0.220 e. The van der Waals surface area contributed by atoms with Gasteiger partial charge in [0, 0.05) is 19.1 Å². The van der Waals surface area contributed by atoms with Gasteiger partial charge in [-0.1, -0.05) is 13.3 Å². The van der Waals surface area contributed by atoms with Gasteiger partial charge in [-0.3, -0.25) is 4.79 Å². The predicted molar refractivity (Wildman–Crippen MR) is 51.3 cm³/mol. The minimum Gasteiger partial charge on any atom is -0.396 e. The number of aliphatic hydroxyl groups is 1. The van der Waals surface area contributed by atoms with E-state index >= 15 is 0 Å². The number of hydrogen-bond acceptors (Lipinski definition) is 2. The van der Waals surface area contributed by atoms with Crippen LogP contribution in [0, 0.1) is 5.92 Å². The number of carbonyl (C=O) groups excluding carboxylic acids is 1. The molecule has 3 nitrogen and oxygen atoms in total. The van der Waals surface area contributed by atoms with Crippen LogP contribution in [0.25, 0.3) is 0 Å². The second kappa shape index (κ2) is 5.22. The van der Waals surface area contributed by atoms with Gasteiger partial charge >= 0.3 is 0 Å². The second-order valence-corrected chi connectivity index (χ2v) is 3.91. The Morgan fingerprint density at radius 3 is 2.85 bits per heavy atom. The maximum absolute atomic E-state index is 11.3. The first-order valence-corrected chi connectivity index (χ1v) is 5.14. The number of nitrogens with one attached hydrogen (secondary N) is 1. The van der Waals surface area contributed by atoms with Crippen LogP contribution in [0.15, 0.2) is 0 Å². The van der Waals surface area contributed by atoms with E-state index in [0.717, 1.165) is 6.42 Å². The van der Waals surface area contributed by atoms with Gasteiger partial charge < -0.3 is 10.4 Å². The van der Waals surface area contributed by atoms with Gasteiger partial charge in [0.2, 0.25) is 5.91 Å². The number of rotatable bonds is 4. The zero-order chi connectivity index (χ0) is 9.68.